The average molecular weight is 189 g/mol. The van der Waals surface area contributed by atoms with Gasteiger partial charge in [-0.1, -0.05) is 0 Å². The van der Waals surface area contributed by atoms with Crippen LogP contribution in [0.3, 0.4) is 0 Å². The van der Waals surface area contributed by atoms with E-state index in [0.29, 0.717) is 0 Å². The third kappa shape index (κ3) is 1.22. The molecule has 2 aliphatic carbocycles. The molecule has 0 bridgehead atoms. The lowest BCUT2D eigenvalue weighted by Crippen LogP contribution is -2.15. The first-order valence-corrected chi connectivity index (χ1v) is 5.84. The Balaban J connectivity index is 1.83. The summed E-state index contributed by atoms with van der Waals surface area (Å²) in [5.74, 6) is 1.07. The third-order valence-electron chi connectivity index (χ3n) is 4.23. The van der Waals surface area contributed by atoms with E-state index in [2.05, 4.69) is 30.5 Å². The van der Waals surface area contributed by atoms with Gasteiger partial charge in [-0.2, -0.15) is 0 Å². The Hall–Kier alpha value is -0.720. The van der Waals surface area contributed by atoms with E-state index < -0.39 is 0 Å². The van der Waals surface area contributed by atoms with Crippen molar-refractivity contribution in [2.24, 2.45) is 11.3 Å². The van der Waals surface area contributed by atoms with Crippen LogP contribution in [0.2, 0.25) is 0 Å². The fourth-order valence-corrected chi connectivity index (χ4v) is 2.82. The summed E-state index contributed by atoms with van der Waals surface area (Å²) in [5, 5.41) is 0. The Kier molecular flexibility index (Phi) is 1.62. The summed E-state index contributed by atoms with van der Waals surface area (Å²) in [6.07, 6.45) is 5.96. The number of hydrogen-bond acceptors (Lipinski definition) is 0. The molecule has 1 aromatic rings. The van der Waals surface area contributed by atoms with E-state index in [0.717, 1.165) is 11.3 Å². The maximum atomic E-state index is 2.52. The zero-order valence-electron chi connectivity index (χ0n) is 9.21. The average Bonchev–Trinajstić information content (AvgIpc) is 3.00. The molecule has 1 aromatic heterocycles. The van der Waals surface area contributed by atoms with Crippen molar-refractivity contribution < 1.29 is 0 Å². The summed E-state index contributed by atoms with van der Waals surface area (Å²) in [5.41, 5.74) is 3.61. The van der Waals surface area contributed by atoms with Crippen molar-refractivity contribution in [1.82, 2.24) is 4.57 Å². The van der Waals surface area contributed by atoms with Gasteiger partial charge in [-0.3, -0.25) is 0 Å². The molecule has 76 valence electrons. The number of aromatic nitrogens is 1. The zero-order chi connectivity index (χ0) is 9.76. The van der Waals surface area contributed by atoms with Crippen molar-refractivity contribution >= 4 is 0 Å². The van der Waals surface area contributed by atoms with Crippen molar-refractivity contribution in [3.63, 3.8) is 0 Å². The fraction of sp³-hybridized carbons (Fsp3) is 0.692. The minimum Gasteiger partial charge on any atom is -0.349 e. The molecule has 1 heterocycles. The summed E-state index contributed by atoms with van der Waals surface area (Å²) in [6, 6.07) is 4.50. The Morgan fingerprint density at radius 3 is 2.21 bits per heavy atom. The molecular formula is C13H19N. The van der Waals surface area contributed by atoms with Crippen LogP contribution in [0, 0.1) is 25.2 Å². The second-order valence-corrected chi connectivity index (χ2v) is 5.34. The lowest BCUT2D eigenvalue weighted by Gasteiger charge is -2.18. The van der Waals surface area contributed by atoms with Crippen LogP contribution in [0.1, 0.15) is 37.1 Å². The van der Waals surface area contributed by atoms with Crippen LogP contribution in [-0.2, 0) is 6.54 Å². The molecule has 0 aromatic carbocycles. The highest BCUT2D eigenvalue weighted by atomic mass is 15.0. The fourth-order valence-electron chi connectivity index (χ4n) is 2.82. The van der Waals surface area contributed by atoms with Gasteiger partial charge in [0.25, 0.3) is 0 Å². The van der Waals surface area contributed by atoms with Gasteiger partial charge in [0.15, 0.2) is 0 Å². The van der Waals surface area contributed by atoms with Gasteiger partial charge in [-0.25, -0.2) is 0 Å². The van der Waals surface area contributed by atoms with E-state index in [9.17, 15) is 0 Å². The van der Waals surface area contributed by atoms with Crippen LogP contribution < -0.4 is 0 Å². The molecule has 0 spiro atoms. The first kappa shape index (κ1) is 8.58. The summed E-state index contributed by atoms with van der Waals surface area (Å²) in [7, 11) is 0. The molecule has 0 N–H and O–H groups in total. The summed E-state index contributed by atoms with van der Waals surface area (Å²) in [4.78, 5) is 0. The van der Waals surface area contributed by atoms with Gasteiger partial charge in [-0.05, 0) is 63.0 Å². The summed E-state index contributed by atoms with van der Waals surface area (Å²) >= 11 is 0. The van der Waals surface area contributed by atoms with E-state index in [4.69, 9.17) is 0 Å². The van der Waals surface area contributed by atoms with Crippen molar-refractivity contribution in [2.45, 2.75) is 46.1 Å². The molecule has 1 nitrogen and oxygen atoms in total. The smallest absolute Gasteiger partial charge is 0.0283 e. The Labute approximate surface area is 86.1 Å². The molecule has 1 heteroatoms. The van der Waals surface area contributed by atoms with Crippen LogP contribution >= 0.6 is 0 Å². The SMILES string of the molecule is Cc1ccc(C)n1CC1(C2CC2)CC1. The van der Waals surface area contributed by atoms with Crippen LogP contribution in [0.25, 0.3) is 0 Å². The molecule has 14 heavy (non-hydrogen) atoms. The van der Waals surface area contributed by atoms with Gasteiger partial charge < -0.3 is 4.57 Å². The highest BCUT2D eigenvalue weighted by Crippen LogP contribution is 2.62. The van der Waals surface area contributed by atoms with Crippen molar-refractivity contribution in [3.05, 3.63) is 23.5 Å². The van der Waals surface area contributed by atoms with Gasteiger partial charge in [0.05, 0.1) is 0 Å². The second kappa shape index (κ2) is 2.65. The molecule has 2 aliphatic rings. The predicted molar refractivity (Wildman–Crippen MR) is 58.3 cm³/mol. The molecular weight excluding hydrogens is 170 g/mol. The van der Waals surface area contributed by atoms with Crippen molar-refractivity contribution in [1.29, 1.82) is 0 Å². The van der Waals surface area contributed by atoms with Crippen LogP contribution in [0.5, 0.6) is 0 Å². The molecule has 0 radical (unpaired) electrons. The lowest BCUT2D eigenvalue weighted by molar-refractivity contribution is 0.364. The molecule has 2 saturated carbocycles. The maximum absolute atomic E-state index is 2.52. The van der Waals surface area contributed by atoms with Gasteiger partial charge >= 0.3 is 0 Å². The molecule has 0 amide bonds. The predicted octanol–water partition coefficient (Wildman–Crippen LogP) is 3.30. The number of hydrogen-bond donors (Lipinski definition) is 0. The van der Waals surface area contributed by atoms with Gasteiger partial charge in [0.2, 0.25) is 0 Å². The molecule has 3 rings (SSSR count). The largest absolute Gasteiger partial charge is 0.349 e. The van der Waals surface area contributed by atoms with Gasteiger partial charge in [0.1, 0.15) is 0 Å². The minimum absolute atomic E-state index is 0.731. The Morgan fingerprint density at radius 1 is 1.21 bits per heavy atom. The molecule has 0 saturated heterocycles. The quantitative estimate of drug-likeness (QED) is 0.687. The minimum atomic E-state index is 0.731. The zero-order valence-corrected chi connectivity index (χ0v) is 9.21. The second-order valence-electron chi connectivity index (χ2n) is 5.34. The molecule has 2 fully saturated rings. The first-order valence-electron chi connectivity index (χ1n) is 5.84. The van der Waals surface area contributed by atoms with E-state index in [1.54, 1.807) is 0 Å². The third-order valence-corrected chi connectivity index (χ3v) is 4.23. The van der Waals surface area contributed by atoms with E-state index >= 15 is 0 Å². The van der Waals surface area contributed by atoms with Crippen LogP contribution in [0.4, 0.5) is 0 Å². The molecule has 0 aliphatic heterocycles. The molecule has 0 atom stereocenters. The normalized spacial score (nSPS) is 23.9. The van der Waals surface area contributed by atoms with Crippen LogP contribution in [-0.4, -0.2) is 4.57 Å². The monoisotopic (exact) mass is 189 g/mol. The maximum Gasteiger partial charge on any atom is 0.0283 e. The Bertz CT molecular complexity index is 334. The number of rotatable bonds is 3. The van der Waals surface area contributed by atoms with Crippen molar-refractivity contribution in [3.8, 4) is 0 Å². The standard InChI is InChI=1S/C13H19N/c1-10-3-4-11(2)14(10)9-13(7-8-13)12-5-6-12/h3-4,12H,5-9H2,1-2H3. The summed E-state index contributed by atoms with van der Waals surface area (Å²) in [6.45, 7) is 5.76. The van der Waals surface area contributed by atoms with E-state index in [1.807, 2.05) is 0 Å². The van der Waals surface area contributed by atoms with Crippen LogP contribution in [0.15, 0.2) is 12.1 Å². The highest BCUT2D eigenvalue weighted by molar-refractivity contribution is 5.16. The lowest BCUT2D eigenvalue weighted by atomic mass is 10.0. The van der Waals surface area contributed by atoms with Gasteiger partial charge in [-0.15, -0.1) is 0 Å². The molecule has 0 unspecified atom stereocenters. The number of aryl methyl sites for hydroxylation is 2. The Morgan fingerprint density at radius 2 is 1.79 bits per heavy atom. The topological polar surface area (TPSA) is 4.93 Å². The number of nitrogens with zero attached hydrogens (tertiary/aromatic N) is 1. The highest BCUT2D eigenvalue weighted by Gasteiger charge is 2.53. The van der Waals surface area contributed by atoms with Gasteiger partial charge in [0, 0.05) is 17.9 Å². The first-order chi connectivity index (χ1) is 6.71. The van der Waals surface area contributed by atoms with E-state index in [1.165, 1.54) is 43.6 Å². The van der Waals surface area contributed by atoms with E-state index in [-0.39, 0.29) is 0 Å². The van der Waals surface area contributed by atoms with Crippen molar-refractivity contribution in [2.75, 3.05) is 0 Å². The summed E-state index contributed by atoms with van der Waals surface area (Å²) < 4.78 is 2.52.